The van der Waals surface area contributed by atoms with Crippen LogP contribution in [0.5, 0.6) is 0 Å². The Morgan fingerprint density at radius 1 is 1.08 bits per heavy atom. The number of benzene rings is 1. The fourth-order valence-electron chi connectivity index (χ4n) is 3.92. The van der Waals surface area contributed by atoms with Gasteiger partial charge in [0, 0.05) is 19.5 Å². The fraction of sp³-hybridized carbons (Fsp3) is 0.667. The Hall–Kier alpha value is -1.10. The molecule has 0 aliphatic carbocycles. The zero-order valence-electron chi connectivity index (χ0n) is 15.7. The van der Waals surface area contributed by atoms with Crippen LogP contribution in [0.25, 0.3) is 0 Å². The first kappa shape index (κ1) is 21.2. The number of halogens is 1. The summed E-state index contributed by atoms with van der Waals surface area (Å²) in [4.78, 5) is 14.5. The highest BCUT2D eigenvalue weighted by Gasteiger charge is 2.24. The Labute approximate surface area is 164 Å². The van der Waals surface area contributed by atoms with E-state index in [0.29, 0.717) is 12.0 Å². The van der Waals surface area contributed by atoms with E-state index in [1.807, 2.05) is 6.07 Å². The third-order valence-corrected chi connectivity index (χ3v) is 5.61. The van der Waals surface area contributed by atoms with E-state index in [1.54, 1.807) is 0 Å². The Balaban J connectivity index is 0.00000243. The van der Waals surface area contributed by atoms with Gasteiger partial charge in [0.1, 0.15) is 0 Å². The standard InChI is InChI=1S/C21H32N2O2.ClH/c24-21(7-6-19-8-13-22-14-9-19)23-15-10-20(11-16-23)25-17-12-18-4-2-1-3-5-18;/h1-5,19-20,22H,6-17H2;1H. The molecule has 2 heterocycles. The third-order valence-electron chi connectivity index (χ3n) is 5.61. The molecule has 0 saturated carbocycles. The van der Waals surface area contributed by atoms with Gasteiger partial charge in [-0.1, -0.05) is 30.3 Å². The monoisotopic (exact) mass is 380 g/mol. The molecule has 4 nitrogen and oxygen atoms in total. The minimum absolute atomic E-state index is 0. The molecular formula is C21H33ClN2O2. The van der Waals surface area contributed by atoms with Gasteiger partial charge in [-0.3, -0.25) is 4.79 Å². The van der Waals surface area contributed by atoms with E-state index in [4.69, 9.17) is 4.74 Å². The molecule has 0 atom stereocenters. The van der Waals surface area contributed by atoms with Crippen LogP contribution in [0.4, 0.5) is 0 Å². The lowest BCUT2D eigenvalue weighted by atomic mass is 9.93. The van der Waals surface area contributed by atoms with Crippen molar-refractivity contribution in [2.45, 2.75) is 51.0 Å². The van der Waals surface area contributed by atoms with Crippen LogP contribution in [0, 0.1) is 5.92 Å². The molecule has 0 unspecified atom stereocenters. The summed E-state index contributed by atoms with van der Waals surface area (Å²) in [6.07, 6.45) is 7.49. The summed E-state index contributed by atoms with van der Waals surface area (Å²) in [7, 11) is 0. The summed E-state index contributed by atoms with van der Waals surface area (Å²) < 4.78 is 6.03. The molecule has 1 N–H and O–H groups in total. The van der Waals surface area contributed by atoms with E-state index < -0.39 is 0 Å². The predicted octanol–water partition coefficient (Wildman–Crippen LogP) is 3.44. The maximum atomic E-state index is 12.4. The molecule has 5 heteroatoms. The SMILES string of the molecule is Cl.O=C(CCC1CCNCC1)N1CCC(OCCc2ccccc2)CC1. The van der Waals surface area contributed by atoms with E-state index in [1.165, 1.54) is 18.4 Å². The minimum Gasteiger partial charge on any atom is -0.378 e. The number of carbonyl (C=O) groups excluding carboxylic acids is 1. The molecule has 1 aromatic rings. The normalized spacial score (nSPS) is 19.2. The van der Waals surface area contributed by atoms with Gasteiger partial charge in [0.15, 0.2) is 0 Å². The van der Waals surface area contributed by atoms with Crippen molar-refractivity contribution in [2.75, 3.05) is 32.8 Å². The topological polar surface area (TPSA) is 41.6 Å². The summed E-state index contributed by atoms with van der Waals surface area (Å²) in [5.74, 6) is 1.09. The molecule has 1 amide bonds. The first-order valence-electron chi connectivity index (χ1n) is 9.95. The van der Waals surface area contributed by atoms with Gasteiger partial charge in [0.05, 0.1) is 12.7 Å². The fourth-order valence-corrected chi connectivity index (χ4v) is 3.92. The summed E-state index contributed by atoms with van der Waals surface area (Å²) in [5.41, 5.74) is 1.33. The van der Waals surface area contributed by atoms with E-state index in [0.717, 1.165) is 70.8 Å². The summed E-state index contributed by atoms with van der Waals surface area (Å²) in [6, 6.07) is 10.5. The summed E-state index contributed by atoms with van der Waals surface area (Å²) in [5, 5.41) is 3.39. The molecule has 2 saturated heterocycles. The van der Waals surface area contributed by atoms with Gasteiger partial charge in [-0.25, -0.2) is 0 Å². The van der Waals surface area contributed by atoms with Gasteiger partial charge < -0.3 is 15.0 Å². The van der Waals surface area contributed by atoms with Crippen LogP contribution in [0.1, 0.15) is 44.1 Å². The molecule has 2 aliphatic rings. The molecular weight excluding hydrogens is 348 g/mol. The number of likely N-dealkylation sites (tertiary alicyclic amines) is 1. The van der Waals surface area contributed by atoms with E-state index >= 15 is 0 Å². The summed E-state index contributed by atoms with van der Waals surface area (Å²) >= 11 is 0. The summed E-state index contributed by atoms with van der Waals surface area (Å²) in [6.45, 7) is 4.73. The Morgan fingerprint density at radius 2 is 1.77 bits per heavy atom. The number of amides is 1. The zero-order valence-corrected chi connectivity index (χ0v) is 16.5. The van der Waals surface area contributed by atoms with Gasteiger partial charge >= 0.3 is 0 Å². The zero-order chi connectivity index (χ0) is 17.3. The van der Waals surface area contributed by atoms with Gasteiger partial charge in [-0.05, 0) is 63.1 Å². The smallest absolute Gasteiger partial charge is 0.222 e. The van der Waals surface area contributed by atoms with Crippen LogP contribution in [-0.2, 0) is 16.0 Å². The van der Waals surface area contributed by atoms with Crippen molar-refractivity contribution in [3.63, 3.8) is 0 Å². The van der Waals surface area contributed by atoms with Crippen molar-refractivity contribution in [2.24, 2.45) is 5.92 Å². The lowest BCUT2D eigenvalue weighted by Gasteiger charge is -2.32. The predicted molar refractivity (Wildman–Crippen MR) is 108 cm³/mol. The lowest BCUT2D eigenvalue weighted by Crippen LogP contribution is -2.41. The van der Waals surface area contributed by atoms with Gasteiger partial charge in [-0.15, -0.1) is 12.4 Å². The van der Waals surface area contributed by atoms with Crippen LogP contribution < -0.4 is 5.32 Å². The van der Waals surface area contributed by atoms with Crippen molar-refractivity contribution in [3.05, 3.63) is 35.9 Å². The number of nitrogens with one attached hydrogen (secondary N) is 1. The Morgan fingerprint density at radius 3 is 2.46 bits per heavy atom. The van der Waals surface area contributed by atoms with E-state index in [2.05, 4.69) is 34.5 Å². The van der Waals surface area contributed by atoms with Crippen LogP contribution in [0.2, 0.25) is 0 Å². The maximum absolute atomic E-state index is 12.4. The quantitative estimate of drug-likeness (QED) is 0.787. The molecule has 0 aromatic heterocycles. The molecule has 3 rings (SSSR count). The number of hydrogen-bond acceptors (Lipinski definition) is 3. The lowest BCUT2D eigenvalue weighted by molar-refractivity contribution is -0.134. The second-order valence-electron chi connectivity index (χ2n) is 7.42. The van der Waals surface area contributed by atoms with Crippen LogP contribution in [0.3, 0.4) is 0 Å². The van der Waals surface area contributed by atoms with E-state index in [-0.39, 0.29) is 12.4 Å². The minimum atomic E-state index is 0. The van der Waals surface area contributed by atoms with Crippen LogP contribution in [0.15, 0.2) is 30.3 Å². The molecule has 26 heavy (non-hydrogen) atoms. The molecule has 2 aliphatic heterocycles. The second kappa shape index (κ2) is 11.6. The van der Waals surface area contributed by atoms with Crippen molar-refractivity contribution >= 4 is 18.3 Å². The molecule has 0 bridgehead atoms. The Bertz CT molecular complexity index is 512. The average Bonchev–Trinajstić information content (AvgIpc) is 2.68. The Kier molecular flexibility index (Phi) is 9.44. The number of hydrogen-bond donors (Lipinski definition) is 1. The molecule has 146 valence electrons. The molecule has 0 spiro atoms. The largest absolute Gasteiger partial charge is 0.378 e. The highest BCUT2D eigenvalue weighted by molar-refractivity contribution is 5.85. The van der Waals surface area contributed by atoms with Gasteiger partial charge in [0.25, 0.3) is 0 Å². The van der Waals surface area contributed by atoms with Crippen molar-refractivity contribution < 1.29 is 9.53 Å². The number of ether oxygens (including phenoxy) is 1. The van der Waals surface area contributed by atoms with Crippen molar-refractivity contribution in [3.8, 4) is 0 Å². The average molecular weight is 381 g/mol. The highest BCUT2D eigenvalue weighted by atomic mass is 35.5. The number of nitrogens with zero attached hydrogens (tertiary/aromatic N) is 1. The van der Waals surface area contributed by atoms with Gasteiger partial charge in [-0.2, -0.15) is 0 Å². The van der Waals surface area contributed by atoms with E-state index in [9.17, 15) is 4.79 Å². The third kappa shape index (κ3) is 6.90. The molecule has 2 fully saturated rings. The molecule has 0 radical (unpaired) electrons. The molecule has 1 aromatic carbocycles. The van der Waals surface area contributed by atoms with Crippen molar-refractivity contribution in [1.82, 2.24) is 10.2 Å². The maximum Gasteiger partial charge on any atom is 0.222 e. The highest BCUT2D eigenvalue weighted by Crippen LogP contribution is 2.20. The first-order valence-corrected chi connectivity index (χ1v) is 9.95. The van der Waals surface area contributed by atoms with Crippen LogP contribution in [-0.4, -0.2) is 49.7 Å². The van der Waals surface area contributed by atoms with Gasteiger partial charge in [0.2, 0.25) is 5.91 Å². The first-order chi connectivity index (χ1) is 12.3. The number of carbonyl (C=O) groups is 1. The second-order valence-corrected chi connectivity index (χ2v) is 7.42. The van der Waals surface area contributed by atoms with Crippen molar-refractivity contribution in [1.29, 1.82) is 0 Å². The number of rotatable bonds is 7. The van der Waals surface area contributed by atoms with Crippen LogP contribution >= 0.6 is 12.4 Å². The number of piperidine rings is 2.